The highest BCUT2D eigenvalue weighted by atomic mass is 16.5. The van der Waals surface area contributed by atoms with Crippen LogP contribution in [0.2, 0.25) is 0 Å². The molecule has 0 N–H and O–H groups in total. The lowest BCUT2D eigenvalue weighted by molar-refractivity contribution is -0.132. The number of ether oxygens (including phenoxy) is 1. The van der Waals surface area contributed by atoms with E-state index in [1.807, 2.05) is 0 Å². The molecule has 1 saturated heterocycles. The summed E-state index contributed by atoms with van der Waals surface area (Å²) in [6.07, 6.45) is 13.5. The molecule has 0 spiro atoms. The van der Waals surface area contributed by atoms with Crippen LogP contribution >= 0.6 is 0 Å². The van der Waals surface area contributed by atoms with Crippen molar-refractivity contribution in [2.45, 2.75) is 90.0 Å². The first-order chi connectivity index (χ1) is 17.1. The van der Waals surface area contributed by atoms with Gasteiger partial charge in [0.2, 0.25) is 0 Å². The second-order valence-electron chi connectivity index (χ2n) is 12.0. The standard InChI is InChI=1S/C31H41NO3/c33-24-8-10-26-23(20-24)7-9-28-27(26)13-14-31(29(28)11-12-30(31)34)15-18-35-25-6-4-5-22(19-25)21-32-16-2-1-3-17-32/h4-6,19,27-29H,1-3,7-18,20-21H2/t27?,28?,29?,31-/m1/s1. The van der Waals surface area contributed by atoms with Gasteiger partial charge in [-0.2, -0.15) is 0 Å². The van der Waals surface area contributed by atoms with Crippen molar-refractivity contribution in [2.75, 3.05) is 19.7 Å². The Kier molecular flexibility index (Phi) is 6.60. The monoisotopic (exact) mass is 475 g/mol. The Morgan fingerprint density at radius 2 is 1.86 bits per heavy atom. The number of hydrogen-bond donors (Lipinski definition) is 0. The van der Waals surface area contributed by atoms with Crippen LogP contribution in [0.1, 0.15) is 89.0 Å². The molecule has 1 heterocycles. The minimum absolute atomic E-state index is 0.172. The Bertz CT molecular complexity index is 1010. The minimum Gasteiger partial charge on any atom is -0.494 e. The lowest BCUT2D eigenvalue weighted by atomic mass is 9.53. The van der Waals surface area contributed by atoms with Gasteiger partial charge < -0.3 is 4.74 Å². The second kappa shape index (κ2) is 9.84. The Morgan fingerprint density at radius 1 is 0.971 bits per heavy atom. The molecule has 0 aromatic heterocycles. The number of likely N-dealkylation sites (tertiary alicyclic amines) is 1. The van der Waals surface area contributed by atoms with Gasteiger partial charge in [-0.15, -0.1) is 0 Å². The van der Waals surface area contributed by atoms with Crippen molar-refractivity contribution in [1.82, 2.24) is 4.90 Å². The molecule has 4 nitrogen and oxygen atoms in total. The number of fused-ring (bicyclic) bond motifs is 4. The number of allylic oxidation sites excluding steroid dienone is 2. The third-order valence-electron chi connectivity index (χ3n) is 10.2. The zero-order chi connectivity index (χ0) is 23.8. The average molecular weight is 476 g/mol. The molecule has 1 aromatic carbocycles. The number of benzene rings is 1. The highest BCUT2D eigenvalue weighted by Crippen LogP contribution is 2.61. The van der Waals surface area contributed by atoms with E-state index in [-0.39, 0.29) is 5.41 Å². The van der Waals surface area contributed by atoms with Crippen molar-refractivity contribution < 1.29 is 14.3 Å². The predicted molar refractivity (Wildman–Crippen MR) is 137 cm³/mol. The molecule has 4 aliphatic carbocycles. The number of nitrogens with zero attached hydrogens (tertiary/aromatic N) is 1. The van der Waals surface area contributed by atoms with E-state index >= 15 is 0 Å². The van der Waals surface area contributed by atoms with E-state index < -0.39 is 0 Å². The minimum atomic E-state index is -0.172. The third kappa shape index (κ3) is 4.52. The highest BCUT2D eigenvalue weighted by molar-refractivity contribution is 5.87. The molecule has 0 radical (unpaired) electrons. The lowest BCUT2D eigenvalue weighted by Gasteiger charge is -2.51. The van der Waals surface area contributed by atoms with E-state index in [1.165, 1.54) is 49.9 Å². The number of carbonyl (C=O) groups excluding carboxylic acids is 2. The smallest absolute Gasteiger partial charge is 0.139 e. The van der Waals surface area contributed by atoms with Crippen LogP contribution in [0.3, 0.4) is 0 Å². The quantitative estimate of drug-likeness (QED) is 0.455. The maximum atomic E-state index is 13.3. The number of piperidine rings is 1. The molecule has 4 heteroatoms. The van der Waals surface area contributed by atoms with Crippen molar-refractivity contribution in [3.63, 3.8) is 0 Å². The number of ketones is 2. The maximum absolute atomic E-state index is 13.3. The summed E-state index contributed by atoms with van der Waals surface area (Å²) in [7, 11) is 0. The van der Waals surface area contributed by atoms with Gasteiger partial charge in [0.1, 0.15) is 17.3 Å². The summed E-state index contributed by atoms with van der Waals surface area (Å²) in [6.45, 7) is 4.05. The molecule has 0 amide bonds. The maximum Gasteiger partial charge on any atom is 0.139 e. The van der Waals surface area contributed by atoms with Crippen LogP contribution in [-0.4, -0.2) is 36.2 Å². The highest BCUT2D eigenvalue weighted by Gasteiger charge is 2.57. The van der Waals surface area contributed by atoms with Crippen molar-refractivity contribution >= 4 is 11.6 Å². The van der Waals surface area contributed by atoms with Crippen LogP contribution < -0.4 is 4.74 Å². The van der Waals surface area contributed by atoms with Crippen LogP contribution in [0.25, 0.3) is 0 Å². The second-order valence-corrected chi connectivity index (χ2v) is 12.0. The molecule has 1 aromatic rings. The molecule has 35 heavy (non-hydrogen) atoms. The van der Waals surface area contributed by atoms with Crippen molar-refractivity contribution in [1.29, 1.82) is 0 Å². The van der Waals surface area contributed by atoms with Gasteiger partial charge in [0.05, 0.1) is 6.61 Å². The van der Waals surface area contributed by atoms with Crippen molar-refractivity contribution in [3.8, 4) is 5.75 Å². The van der Waals surface area contributed by atoms with Crippen LogP contribution in [0.4, 0.5) is 0 Å². The van der Waals surface area contributed by atoms with Crippen LogP contribution in [-0.2, 0) is 16.1 Å². The van der Waals surface area contributed by atoms with Gasteiger partial charge in [-0.05, 0) is 106 Å². The molecule has 3 unspecified atom stereocenters. The first kappa shape index (κ1) is 23.5. The summed E-state index contributed by atoms with van der Waals surface area (Å²) in [5, 5.41) is 0. The van der Waals surface area contributed by atoms with Gasteiger partial charge in [-0.25, -0.2) is 0 Å². The molecule has 0 bridgehead atoms. The average Bonchev–Trinajstić information content (AvgIpc) is 3.21. The van der Waals surface area contributed by atoms with E-state index in [1.54, 1.807) is 5.57 Å². The Hall–Kier alpha value is -1.94. The first-order valence-electron chi connectivity index (χ1n) is 14.3. The van der Waals surface area contributed by atoms with Gasteiger partial charge >= 0.3 is 0 Å². The van der Waals surface area contributed by atoms with Gasteiger partial charge in [-0.1, -0.05) is 29.7 Å². The van der Waals surface area contributed by atoms with Gasteiger partial charge in [0.15, 0.2) is 0 Å². The van der Waals surface area contributed by atoms with E-state index in [2.05, 4.69) is 29.2 Å². The number of hydrogen-bond acceptors (Lipinski definition) is 4. The van der Waals surface area contributed by atoms with Crippen LogP contribution in [0, 0.1) is 23.2 Å². The molecular formula is C31H41NO3. The summed E-state index contributed by atoms with van der Waals surface area (Å²) >= 11 is 0. The summed E-state index contributed by atoms with van der Waals surface area (Å²) in [5.74, 6) is 3.65. The normalized spacial score (nSPS) is 33.3. The SMILES string of the molecule is O=C1CCC2=C(CCC3C2CC[C@]2(CCOc4cccc(CN5CCCCC5)c4)C(=O)CCC32)C1. The molecule has 6 rings (SSSR count). The molecular weight excluding hydrogens is 434 g/mol. The number of Topliss-reactive ketones (excluding diaryl/α,β-unsaturated/α-hetero) is 2. The zero-order valence-electron chi connectivity index (χ0n) is 21.2. The fourth-order valence-corrected chi connectivity index (χ4v) is 8.55. The van der Waals surface area contributed by atoms with E-state index in [4.69, 9.17) is 4.74 Å². The molecule has 1 aliphatic heterocycles. The Balaban J connectivity index is 1.11. The number of carbonyl (C=O) groups is 2. The van der Waals surface area contributed by atoms with Crippen molar-refractivity contribution in [2.24, 2.45) is 23.2 Å². The molecule has 4 atom stereocenters. The third-order valence-corrected chi connectivity index (χ3v) is 10.2. The van der Waals surface area contributed by atoms with Gasteiger partial charge in [0, 0.05) is 31.2 Å². The van der Waals surface area contributed by atoms with Gasteiger partial charge in [0.25, 0.3) is 0 Å². The molecule has 188 valence electrons. The van der Waals surface area contributed by atoms with Crippen LogP contribution in [0.15, 0.2) is 35.4 Å². The van der Waals surface area contributed by atoms with Gasteiger partial charge in [-0.3, -0.25) is 14.5 Å². The molecule has 3 fully saturated rings. The Morgan fingerprint density at radius 3 is 2.74 bits per heavy atom. The molecule has 5 aliphatic rings. The van der Waals surface area contributed by atoms with E-state index in [0.717, 1.165) is 63.7 Å². The van der Waals surface area contributed by atoms with E-state index in [0.29, 0.717) is 42.3 Å². The zero-order valence-corrected chi connectivity index (χ0v) is 21.2. The Labute approximate surface area is 210 Å². The topological polar surface area (TPSA) is 46.6 Å². The summed E-state index contributed by atoms with van der Waals surface area (Å²) in [4.78, 5) is 27.9. The summed E-state index contributed by atoms with van der Waals surface area (Å²) in [5.41, 5.74) is 4.24. The van der Waals surface area contributed by atoms with E-state index in [9.17, 15) is 9.59 Å². The first-order valence-corrected chi connectivity index (χ1v) is 14.3. The molecule has 2 saturated carbocycles. The van der Waals surface area contributed by atoms with Crippen molar-refractivity contribution in [3.05, 3.63) is 41.0 Å². The fraction of sp³-hybridized carbons (Fsp3) is 0.677. The fourth-order valence-electron chi connectivity index (χ4n) is 8.55. The van der Waals surface area contributed by atoms with Crippen LogP contribution in [0.5, 0.6) is 5.75 Å². The summed E-state index contributed by atoms with van der Waals surface area (Å²) in [6, 6.07) is 8.60. The largest absolute Gasteiger partial charge is 0.494 e. The summed E-state index contributed by atoms with van der Waals surface area (Å²) < 4.78 is 6.31. The predicted octanol–water partition coefficient (Wildman–Crippen LogP) is 6.28. The number of rotatable bonds is 6. The lowest BCUT2D eigenvalue weighted by Crippen LogP contribution is -2.46.